The van der Waals surface area contributed by atoms with Crippen molar-refractivity contribution in [3.8, 4) is 5.75 Å². The summed E-state index contributed by atoms with van der Waals surface area (Å²) in [4.78, 5) is 25.3. The van der Waals surface area contributed by atoms with Gasteiger partial charge in [0.2, 0.25) is 0 Å². The van der Waals surface area contributed by atoms with E-state index in [0.29, 0.717) is 17.0 Å². The van der Waals surface area contributed by atoms with Crippen molar-refractivity contribution in [2.45, 2.75) is 38.8 Å². The molecule has 1 unspecified atom stereocenters. The Morgan fingerprint density at radius 2 is 1.81 bits per heavy atom. The SMILES string of the molecule is COc1cccc(CC(NC(=O)c2cccc(N)c2)C(=O)OC(C)(C)C)c1. The summed E-state index contributed by atoms with van der Waals surface area (Å²) in [6.45, 7) is 5.35. The average molecular weight is 370 g/mol. The summed E-state index contributed by atoms with van der Waals surface area (Å²) in [6.07, 6.45) is 0.278. The highest BCUT2D eigenvalue weighted by Crippen LogP contribution is 2.17. The second-order valence-electron chi connectivity index (χ2n) is 7.24. The average Bonchev–Trinajstić information content (AvgIpc) is 2.59. The largest absolute Gasteiger partial charge is 0.497 e. The predicted octanol–water partition coefficient (Wildman–Crippen LogP) is 2.96. The molecule has 0 aliphatic rings. The van der Waals surface area contributed by atoms with Gasteiger partial charge in [-0.3, -0.25) is 4.79 Å². The van der Waals surface area contributed by atoms with Gasteiger partial charge in [-0.05, 0) is 56.7 Å². The topological polar surface area (TPSA) is 90.6 Å². The lowest BCUT2D eigenvalue weighted by Gasteiger charge is -2.25. The Labute approximate surface area is 159 Å². The fourth-order valence-corrected chi connectivity index (χ4v) is 2.52. The van der Waals surface area contributed by atoms with Gasteiger partial charge in [0.25, 0.3) is 5.91 Å². The maximum absolute atomic E-state index is 12.7. The number of benzene rings is 2. The summed E-state index contributed by atoms with van der Waals surface area (Å²) in [6, 6.07) is 13.1. The van der Waals surface area contributed by atoms with Gasteiger partial charge < -0.3 is 20.5 Å². The van der Waals surface area contributed by atoms with Gasteiger partial charge in [0, 0.05) is 17.7 Å². The minimum Gasteiger partial charge on any atom is -0.497 e. The fraction of sp³-hybridized carbons (Fsp3) is 0.333. The third-order valence-electron chi connectivity index (χ3n) is 3.72. The van der Waals surface area contributed by atoms with E-state index < -0.39 is 17.6 Å². The highest BCUT2D eigenvalue weighted by Gasteiger charge is 2.27. The second-order valence-corrected chi connectivity index (χ2v) is 7.24. The Bertz CT molecular complexity index is 812. The van der Waals surface area contributed by atoms with Gasteiger partial charge in [0.05, 0.1) is 7.11 Å². The number of nitrogen functional groups attached to an aromatic ring is 1. The fourth-order valence-electron chi connectivity index (χ4n) is 2.52. The molecule has 3 N–H and O–H groups in total. The monoisotopic (exact) mass is 370 g/mol. The third-order valence-corrected chi connectivity index (χ3v) is 3.72. The molecule has 144 valence electrons. The summed E-state index contributed by atoms with van der Waals surface area (Å²) in [5, 5.41) is 2.76. The molecular weight excluding hydrogens is 344 g/mol. The maximum atomic E-state index is 12.7. The van der Waals surface area contributed by atoms with Crippen LogP contribution >= 0.6 is 0 Å². The van der Waals surface area contributed by atoms with Crippen molar-refractivity contribution in [1.29, 1.82) is 0 Å². The van der Waals surface area contributed by atoms with Crippen LogP contribution in [0.2, 0.25) is 0 Å². The van der Waals surface area contributed by atoms with Crippen LogP contribution < -0.4 is 15.8 Å². The van der Waals surface area contributed by atoms with E-state index in [4.69, 9.17) is 15.2 Å². The molecule has 2 aromatic rings. The van der Waals surface area contributed by atoms with Gasteiger partial charge >= 0.3 is 5.97 Å². The molecule has 0 radical (unpaired) electrons. The molecule has 27 heavy (non-hydrogen) atoms. The van der Waals surface area contributed by atoms with Crippen LogP contribution in [0.5, 0.6) is 5.75 Å². The van der Waals surface area contributed by atoms with Crippen LogP contribution in [0.1, 0.15) is 36.7 Å². The van der Waals surface area contributed by atoms with Crippen molar-refractivity contribution in [2.24, 2.45) is 0 Å². The van der Waals surface area contributed by atoms with E-state index in [9.17, 15) is 9.59 Å². The van der Waals surface area contributed by atoms with Crippen LogP contribution in [0.4, 0.5) is 5.69 Å². The molecule has 0 aromatic heterocycles. The first kappa shape index (κ1) is 20.3. The highest BCUT2D eigenvalue weighted by atomic mass is 16.6. The Morgan fingerprint density at radius 1 is 1.11 bits per heavy atom. The number of nitrogens with one attached hydrogen (secondary N) is 1. The number of nitrogens with two attached hydrogens (primary N) is 1. The van der Waals surface area contributed by atoms with Gasteiger partial charge in [-0.2, -0.15) is 0 Å². The predicted molar refractivity (Wildman–Crippen MR) is 105 cm³/mol. The van der Waals surface area contributed by atoms with E-state index in [1.165, 1.54) is 0 Å². The standard InChI is InChI=1S/C21H26N2O4/c1-21(2,3)27-20(25)18(12-14-7-5-10-17(11-14)26-4)23-19(24)15-8-6-9-16(22)13-15/h5-11,13,18H,12,22H2,1-4H3,(H,23,24). The second kappa shape index (κ2) is 8.58. The third kappa shape index (κ3) is 6.33. The van der Waals surface area contributed by atoms with E-state index in [1.807, 2.05) is 24.3 Å². The molecule has 6 heteroatoms. The minimum absolute atomic E-state index is 0.278. The van der Waals surface area contributed by atoms with Gasteiger partial charge in [-0.25, -0.2) is 4.79 Å². The lowest BCUT2D eigenvalue weighted by atomic mass is 10.0. The zero-order valence-corrected chi connectivity index (χ0v) is 16.1. The lowest BCUT2D eigenvalue weighted by molar-refractivity contribution is -0.157. The molecule has 2 aromatic carbocycles. The van der Waals surface area contributed by atoms with Gasteiger partial charge in [0.15, 0.2) is 0 Å². The molecule has 0 aliphatic heterocycles. The van der Waals surface area contributed by atoms with Crippen molar-refractivity contribution >= 4 is 17.6 Å². The first-order chi connectivity index (χ1) is 12.7. The quantitative estimate of drug-likeness (QED) is 0.603. The van der Waals surface area contributed by atoms with E-state index in [-0.39, 0.29) is 12.3 Å². The van der Waals surface area contributed by atoms with E-state index in [2.05, 4.69) is 5.32 Å². The smallest absolute Gasteiger partial charge is 0.329 e. The van der Waals surface area contributed by atoms with Crippen molar-refractivity contribution in [2.75, 3.05) is 12.8 Å². The Hall–Kier alpha value is -3.02. The minimum atomic E-state index is -0.842. The van der Waals surface area contributed by atoms with E-state index in [0.717, 1.165) is 5.56 Å². The van der Waals surface area contributed by atoms with Crippen molar-refractivity contribution < 1.29 is 19.1 Å². The number of ether oxygens (including phenoxy) is 2. The van der Waals surface area contributed by atoms with E-state index >= 15 is 0 Å². The highest BCUT2D eigenvalue weighted by molar-refractivity contribution is 5.97. The maximum Gasteiger partial charge on any atom is 0.329 e. The first-order valence-electron chi connectivity index (χ1n) is 8.70. The molecule has 1 atom stereocenters. The van der Waals surface area contributed by atoms with Crippen LogP contribution in [0.15, 0.2) is 48.5 Å². The molecule has 0 aliphatic carbocycles. The molecule has 0 spiro atoms. The number of carbonyl (C=O) groups is 2. The molecule has 0 saturated heterocycles. The molecule has 0 saturated carbocycles. The number of esters is 1. The summed E-state index contributed by atoms with van der Waals surface area (Å²) in [5.74, 6) is -0.207. The zero-order valence-electron chi connectivity index (χ0n) is 16.1. The number of hydrogen-bond acceptors (Lipinski definition) is 5. The van der Waals surface area contributed by atoms with Crippen molar-refractivity contribution in [3.05, 3.63) is 59.7 Å². The lowest BCUT2D eigenvalue weighted by Crippen LogP contribution is -2.45. The van der Waals surface area contributed by atoms with Crippen molar-refractivity contribution in [3.63, 3.8) is 0 Å². The van der Waals surface area contributed by atoms with E-state index in [1.54, 1.807) is 52.1 Å². The summed E-state index contributed by atoms with van der Waals surface area (Å²) >= 11 is 0. The molecule has 1 amide bonds. The number of methoxy groups -OCH3 is 1. The Kier molecular flexibility index (Phi) is 6.45. The van der Waals surface area contributed by atoms with Crippen LogP contribution in [0.3, 0.4) is 0 Å². The number of carbonyl (C=O) groups excluding carboxylic acids is 2. The van der Waals surface area contributed by atoms with Crippen LogP contribution in [0.25, 0.3) is 0 Å². The van der Waals surface area contributed by atoms with Gasteiger partial charge in [-0.1, -0.05) is 18.2 Å². The van der Waals surface area contributed by atoms with Crippen LogP contribution in [-0.4, -0.2) is 30.6 Å². The van der Waals surface area contributed by atoms with Crippen LogP contribution in [0, 0.1) is 0 Å². The number of anilines is 1. The summed E-state index contributed by atoms with van der Waals surface area (Å²) < 4.78 is 10.7. The normalized spacial score (nSPS) is 12.1. The van der Waals surface area contributed by atoms with Gasteiger partial charge in [0.1, 0.15) is 17.4 Å². The van der Waals surface area contributed by atoms with Crippen molar-refractivity contribution in [1.82, 2.24) is 5.32 Å². The number of hydrogen-bond donors (Lipinski definition) is 2. The molecule has 0 heterocycles. The molecule has 0 bridgehead atoms. The first-order valence-corrected chi connectivity index (χ1v) is 8.70. The summed E-state index contributed by atoms with van der Waals surface area (Å²) in [5.41, 5.74) is 6.78. The Balaban J connectivity index is 2.23. The zero-order chi connectivity index (χ0) is 20.0. The molecule has 2 rings (SSSR count). The molecule has 6 nitrogen and oxygen atoms in total. The number of amides is 1. The summed E-state index contributed by atoms with van der Waals surface area (Å²) in [7, 11) is 1.58. The number of rotatable bonds is 6. The molecule has 0 fully saturated rings. The van der Waals surface area contributed by atoms with Crippen LogP contribution in [-0.2, 0) is 16.0 Å². The Morgan fingerprint density at radius 3 is 2.44 bits per heavy atom. The molecular formula is C21H26N2O4. The van der Waals surface area contributed by atoms with Gasteiger partial charge in [-0.15, -0.1) is 0 Å².